The van der Waals surface area contributed by atoms with Crippen LogP contribution in [0.3, 0.4) is 0 Å². The molecular formula is C21H22N4O5. The van der Waals surface area contributed by atoms with Gasteiger partial charge < -0.3 is 20.7 Å². The molecule has 9 nitrogen and oxygen atoms in total. The van der Waals surface area contributed by atoms with Crippen LogP contribution in [-0.4, -0.2) is 55.1 Å². The summed E-state index contributed by atoms with van der Waals surface area (Å²) in [6.07, 6.45) is 1.44. The van der Waals surface area contributed by atoms with Crippen molar-refractivity contribution in [2.24, 2.45) is 5.92 Å². The number of carbonyl (C=O) groups excluding carboxylic acids is 1. The van der Waals surface area contributed by atoms with Crippen molar-refractivity contribution >= 4 is 11.9 Å². The van der Waals surface area contributed by atoms with Gasteiger partial charge in [0.2, 0.25) is 0 Å². The number of aromatic nitrogens is 3. The average molecular weight is 410 g/mol. The quantitative estimate of drug-likeness (QED) is 0.393. The van der Waals surface area contributed by atoms with Crippen molar-refractivity contribution < 1.29 is 25.0 Å². The van der Waals surface area contributed by atoms with E-state index in [1.54, 1.807) is 0 Å². The van der Waals surface area contributed by atoms with Crippen molar-refractivity contribution in [1.82, 2.24) is 20.5 Å². The third kappa shape index (κ3) is 5.42. The summed E-state index contributed by atoms with van der Waals surface area (Å²) in [5.74, 6) is -2.76. The summed E-state index contributed by atoms with van der Waals surface area (Å²) in [5.41, 5.74) is 2.91. The maximum absolute atomic E-state index is 12.4. The van der Waals surface area contributed by atoms with Crippen LogP contribution in [-0.2, 0) is 11.2 Å². The standard InChI is InChI=1S/C21H22N4O5/c26-13-17(21(28)29)11-18(22-20(27)19-12-25(30)24-23-19)10-14-6-8-16(9-7-14)15-4-2-1-3-5-15/h1-9,12,17-18,26,30H,10-11,13H2,(H,22,27)(H,28,29)/t17-,18+/m0/s1. The van der Waals surface area contributed by atoms with Gasteiger partial charge in [-0.05, 0) is 34.7 Å². The molecule has 0 spiro atoms. The number of nitrogens with one attached hydrogen (secondary N) is 1. The molecule has 3 aromatic rings. The van der Waals surface area contributed by atoms with Crippen molar-refractivity contribution in [3.8, 4) is 11.1 Å². The molecule has 0 aliphatic carbocycles. The van der Waals surface area contributed by atoms with Crippen molar-refractivity contribution in [3.63, 3.8) is 0 Å². The largest absolute Gasteiger partial charge is 0.481 e. The Morgan fingerprint density at radius 3 is 2.27 bits per heavy atom. The normalized spacial score (nSPS) is 12.8. The summed E-state index contributed by atoms with van der Waals surface area (Å²) in [6, 6.07) is 17.0. The monoisotopic (exact) mass is 410 g/mol. The van der Waals surface area contributed by atoms with E-state index in [0.717, 1.165) is 22.9 Å². The van der Waals surface area contributed by atoms with Crippen molar-refractivity contribution in [2.75, 3.05) is 6.61 Å². The maximum atomic E-state index is 12.4. The Hall–Kier alpha value is -3.72. The summed E-state index contributed by atoms with van der Waals surface area (Å²) in [6.45, 7) is -0.540. The molecule has 0 fully saturated rings. The van der Waals surface area contributed by atoms with Gasteiger partial charge in [-0.3, -0.25) is 9.59 Å². The van der Waals surface area contributed by atoms with E-state index in [4.69, 9.17) is 0 Å². The minimum absolute atomic E-state index is 0.0330. The minimum atomic E-state index is -1.14. The zero-order valence-electron chi connectivity index (χ0n) is 16.0. The number of amides is 1. The Bertz CT molecular complexity index is 988. The lowest BCUT2D eigenvalue weighted by atomic mass is 9.94. The summed E-state index contributed by atoms with van der Waals surface area (Å²) in [5, 5.41) is 37.4. The first-order valence-corrected chi connectivity index (χ1v) is 9.36. The fourth-order valence-corrected chi connectivity index (χ4v) is 3.16. The zero-order chi connectivity index (χ0) is 21.5. The number of hydrogen-bond acceptors (Lipinski definition) is 6. The van der Waals surface area contributed by atoms with Crippen molar-refractivity contribution in [1.29, 1.82) is 0 Å². The fourth-order valence-electron chi connectivity index (χ4n) is 3.16. The molecule has 0 aliphatic rings. The second-order valence-electron chi connectivity index (χ2n) is 6.92. The van der Waals surface area contributed by atoms with Crippen LogP contribution in [0.2, 0.25) is 0 Å². The van der Waals surface area contributed by atoms with E-state index in [1.807, 2.05) is 54.6 Å². The smallest absolute Gasteiger partial charge is 0.308 e. The summed E-state index contributed by atoms with van der Waals surface area (Å²) < 4.78 is 0. The topological polar surface area (TPSA) is 138 Å². The number of aliphatic hydroxyl groups excluding tert-OH is 1. The van der Waals surface area contributed by atoms with Gasteiger partial charge in [-0.25, -0.2) is 0 Å². The molecule has 0 radical (unpaired) electrons. The average Bonchev–Trinajstić information content (AvgIpc) is 3.19. The van der Waals surface area contributed by atoms with Gasteiger partial charge in [-0.2, -0.15) is 0 Å². The number of rotatable bonds is 9. The van der Waals surface area contributed by atoms with Gasteiger partial charge in [0.15, 0.2) is 5.69 Å². The molecule has 2 aromatic carbocycles. The van der Waals surface area contributed by atoms with E-state index in [2.05, 4.69) is 15.6 Å². The molecule has 0 saturated heterocycles. The lowest BCUT2D eigenvalue weighted by molar-refractivity contribution is -0.143. The second kappa shape index (κ2) is 9.66. The summed E-state index contributed by atoms with van der Waals surface area (Å²) in [4.78, 5) is 24.2. The summed E-state index contributed by atoms with van der Waals surface area (Å²) >= 11 is 0. The third-order valence-corrected chi connectivity index (χ3v) is 4.73. The molecule has 30 heavy (non-hydrogen) atoms. The van der Waals surface area contributed by atoms with E-state index < -0.39 is 30.4 Å². The van der Waals surface area contributed by atoms with E-state index in [1.165, 1.54) is 0 Å². The first-order chi connectivity index (χ1) is 14.5. The van der Waals surface area contributed by atoms with E-state index in [9.17, 15) is 25.0 Å². The van der Waals surface area contributed by atoms with Crippen LogP contribution in [0.5, 0.6) is 0 Å². The molecule has 0 unspecified atom stereocenters. The Labute approximate surface area is 172 Å². The lowest BCUT2D eigenvalue weighted by Gasteiger charge is -2.21. The summed E-state index contributed by atoms with van der Waals surface area (Å²) in [7, 11) is 0. The SMILES string of the molecule is O=C(N[C@H](Cc1ccc(-c2ccccc2)cc1)C[C@@H](CO)C(=O)O)c1cn(O)nn1. The van der Waals surface area contributed by atoms with Crippen LogP contribution in [0.1, 0.15) is 22.5 Å². The van der Waals surface area contributed by atoms with Gasteiger partial charge in [0.25, 0.3) is 5.91 Å². The van der Waals surface area contributed by atoms with E-state index in [-0.39, 0.29) is 12.1 Å². The van der Waals surface area contributed by atoms with Gasteiger partial charge in [0.1, 0.15) is 0 Å². The highest BCUT2D eigenvalue weighted by Gasteiger charge is 2.24. The molecule has 9 heteroatoms. The number of carboxylic acids is 1. The highest BCUT2D eigenvalue weighted by molar-refractivity contribution is 5.92. The lowest BCUT2D eigenvalue weighted by Crippen LogP contribution is -2.40. The Morgan fingerprint density at radius 2 is 1.70 bits per heavy atom. The molecule has 0 bridgehead atoms. The van der Waals surface area contributed by atoms with Gasteiger partial charge >= 0.3 is 5.97 Å². The molecule has 1 heterocycles. The van der Waals surface area contributed by atoms with Gasteiger partial charge in [-0.1, -0.05) is 59.4 Å². The highest BCUT2D eigenvalue weighted by Crippen LogP contribution is 2.20. The Balaban J connectivity index is 1.75. The minimum Gasteiger partial charge on any atom is -0.481 e. The number of benzene rings is 2. The zero-order valence-corrected chi connectivity index (χ0v) is 16.0. The molecule has 1 amide bonds. The number of carboxylic acid groups (broad SMARTS) is 1. The van der Waals surface area contributed by atoms with Gasteiger partial charge in [-0.15, -0.1) is 5.10 Å². The van der Waals surface area contributed by atoms with Gasteiger partial charge in [0.05, 0.1) is 18.7 Å². The van der Waals surface area contributed by atoms with Crippen LogP contribution in [0, 0.1) is 5.92 Å². The molecule has 0 aliphatic heterocycles. The number of aliphatic carboxylic acids is 1. The van der Waals surface area contributed by atoms with Gasteiger partial charge in [0, 0.05) is 6.04 Å². The van der Waals surface area contributed by atoms with Crippen LogP contribution >= 0.6 is 0 Å². The predicted octanol–water partition coefficient (Wildman–Crippen LogP) is 1.61. The second-order valence-corrected chi connectivity index (χ2v) is 6.92. The van der Waals surface area contributed by atoms with E-state index in [0.29, 0.717) is 11.3 Å². The molecule has 156 valence electrons. The van der Waals surface area contributed by atoms with E-state index >= 15 is 0 Å². The third-order valence-electron chi connectivity index (χ3n) is 4.73. The molecular weight excluding hydrogens is 388 g/mol. The number of carbonyl (C=O) groups is 2. The predicted molar refractivity (Wildman–Crippen MR) is 107 cm³/mol. The number of nitrogens with zero attached hydrogens (tertiary/aromatic N) is 3. The number of hydrogen-bond donors (Lipinski definition) is 4. The van der Waals surface area contributed by atoms with Crippen LogP contribution in [0.25, 0.3) is 11.1 Å². The first kappa shape index (κ1) is 21.0. The van der Waals surface area contributed by atoms with Crippen molar-refractivity contribution in [2.45, 2.75) is 18.9 Å². The molecule has 4 N–H and O–H groups in total. The first-order valence-electron chi connectivity index (χ1n) is 9.36. The van der Waals surface area contributed by atoms with Crippen molar-refractivity contribution in [3.05, 3.63) is 72.1 Å². The maximum Gasteiger partial charge on any atom is 0.308 e. The highest BCUT2D eigenvalue weighted by atomic mass is 16.5. The van der Waals surface area contributed by atoms with Crippen LogP contribution < -0.4 is 5.32 Å². The Kier molecular flexibility index (Phi) is 6.76. The number of aliphatic hydroxyl groups is 1. The molecule has 3 rings (SSSR count). The fraction of sp³-hybridized carbons (Fsp3) is 0.238. The van der Waals surface area contributed by atoms with Crippen LogP contribution in [0.4, 0.5) is 0 Å². The van der Waals surface area contributed by atoms with Crippen LogP contribution in [0.15, 0.2) is 60.8 Å². The molecule has 1 aromatic heterocycles. The molecule has 0 saturated carbocycles. The Morgan fingerprint density at radius 1 is 1.03 bits per heavy atom. The molecule has 2 atom stereocenters.